The van der Waals surface area contributed by atoms with Crippen molar-refractivity contribution in [3.8, 4) is 0 Å². The number of carbonyl (C=O) groups is 1. The number of nitrogens with zero attached hydrogens (tertiary/aromatic N) is 2. The largest absolute Gasteiger partial charge is 0.344 e. The molecule has 0 saturated carbocycles. The van der Waals surface area contributed by atoms with Crippen molar-refractivity contribution in [2.45, 2.75) is 18.1 Å². The second-order valence-electron chi connectivity index (χ2n) is 5.01. The molecule has 118 valence electrons. The molecule has 5 nitrogen and oxygen atoms in total. The molecule has 1 atom stereocenters. The summed E-state index contributed by atoms with van der Waals surface area (Å²) in [5.41, 5.74) is 2.28. The monoisotopic (exact) mass is 344 g/mol. The van der Waals surface area contributed by atoms with E-state index in [2.05, 4.69) is 51.7 Å². The Morgan fingerprint density at radius 2 is 2.17 bits per heavy atom. The van der Waals surface area contributed by atoms with Gasteiger partial charge >= 0.3 is 0 Å². The zero-order chi connectivity index (χ0) is 16.1. The number of hydrogen-bond donors (Lipinski definition) is 2. The van der Waals surface area contributed by atoms with Crippen molar-refractivity contribution < 1.29 is 4.79 Å². The Kier molecular flexibility index (Phi) is 5.09. The average molecular weight is 344 g/mol. The van der Waals surface area contributed by atoms with Crippen molar-refractivity contribution in [2.24, 2.45) is 0 Å². The highest BCUT2D eigenvalue weighted by Crippen LogP contribution is 2.26. The second kappa shape index (κ2) is 7.43. The Balaban J connectivity index is 1.71. The predicted molar refractivity (Wildman–Crippen MR) is 92.6 cm³/mol. The van der Waals surface area contributed by atoms with Gasteiger partial charge in [0.05, 0.1) is 11.8 Å². The molecule has 0 aliphatic heterocycles. The highest BCUT2D eigenvalue weighted by molar-refractivity contribution is 7.99. The lowest BCUT2D eigenvalue weighted by Gasteiger charge is -2.18. The zero-order valence-electron chi connectivity index (χ0n) is 12.5. The second-order valence-corrected chi connectivity index (χ2v) is 6.95. The number of rotatable bonds is 6. The molecule has 1 amide bonds. The lowest BCUT2D eigenvalue weighted by atomic mass is 10.0. The Bertz CT molecular complexity index is 739. The van der Waals surface area contributed by atoms with Gasteiger partial charge in [0.2, 0.25) is 5.91 Å². The molecule has 7 heteroatoms. The number of benzene rings is 1. The number of aryl methyl sites for hydroxylation is 1. The number of thioether (sulfide) groups is 1. The maximum absolute atomic E-state index is 12.3. The maximum atomic E-state index is 12.3. The van der Waals surface area contributed by atoms with Crippen LogP contribution >= 0.6 is 23.1 Å². The van der Waals surface area contributed by atoms with Crippen LogP contribution in [0.25, 0.3) is 0 Å². The molecule has 0 spiro atoms. The van der Waals surface area contributed by atoms with Crippen LogP contribution in [0.3, 0.4) is 0 Å². The summed E-state index contributed by atoms with van der Waals surface area (Å²) in [6, 6.07) is 12.2. The van der Waals surface area contributed by atoms with E-state index in [0.717, 1.165) is 10.4 Å². The molecule has 2 N–H and O–H groups in total. The van der Waals surface area contributed by atoms with E-state index in [1.54, 1.807) is 11.3 Å². The van der Waals surface area contributed by atoms with Gasteiger partial charge in [0.25, 0.3) is 0 Å². The quantitative estimate of drug-likeness (QED) is 0.674. The van der Waals surface area contributed by atoms with Gasteiger partial charge in [-0.05, 0) is 23.9 Å². The van der Waals surface area contributed by atoms with E-state index in [4.69, 9.17) is 0 Å². The third kappa shape index (κ3) is 4.20. The van der Waals surface area contributed by atoms with Crippen molar-refractivity contribution in [1.82, 2.24) is 20.5 Å². The van der Waals surface area contributed by atoms with Gasteiger partial charge < -0.3 is 5.32 Å². The number of aromatic nitrogens is 3. The summed E-state index contributed by atoms with van der Waals surface area (Å²) in [6.07, 6.45) is 1.43. The van der Waals surface area contributed by atoms with Crippen LogP contribution in [0.15, 0.2) is 53.3 Å². The SMILES string of the molecule is Cc1ccc([C@H](NC(=O)CSc2ncn[nH]2)c2cccs2)cc1. The fraction of sp³-hybridized carbons (Fsp3) is 0.188. The summed E-state index contributed by atoms with van der Waals surface area (Å²) in [6.45, 7) is 2.05. The van der Waals surface area contributed by atoms with Crippen molar-refractivity contribution in [3.05, 3.63) is 64.1 Å². The minimum Gasteiger partial charge on any atom is -0.344 e. The van der Waals surface area contributed by atoms with Gasteiger partial charge in [0, 0.05) is 4.88 Å². The van der Waals surface area contributed by atoms with E-state index in [1.807, 2.05) is 17.5 Å². The Morgan fingerprint density at radius 1 is 1.35 bits per heavy atom. The molecule has 3 aromatic rings. The fourth-order valence-corrected chi connectivity index (χ4v) is 3.53. The van der Waals surface area contributed by atoms with E-state index in [1.165, 1.54) is 23.7 Å². The van der Waals surface area contributed by atoms with Crippen molar-refractivity contribution in [2.75, 3.05) is 5.75 Å². The number of amides is 1. The molecule has 2 aromatic heterocycles. The molecular weight excluding hydrogens is 328 g/mol. The minimum absolute atomic E-state index is 0.0367. The predicted octanol–water partition coefficient (Wildman–Crippen LogP) is 3.17. The first-order valence-electron chi connectivity index (χ1n) is 7.10. The molecule has 2 heterocycles. The van der Waals surface area contributed by atoms with Gasteiger partial charge in [-0.1, -0.05) is 47.7 Å². The lowest BCUT2D eigenvalue weighted by Crippen LogP contribution is -2.30. The Labute approximate surface area is 142 Å². The van der Waals surface area contributed by atoms with Gasteiger partial charge in [-0.15, -0.1) is 11.3 Å². The molecule has 0 fully saturated rings. The molecular formula is C16H16N4OS2. The maximum Gasteiger partial charge on any atom is 0.231 e. The molecule has 0 saturated heterocycles. The van der Waals surface area contributed by atoms with Crippen LogP contribution in [0.4, 0.5) is 0 Å². The van der Waals surface area contributed by atoms with E-state index in [9.17, 15) is 4.79 Å². The molecule has 0 unspecified atom stereocenters. The third-order valence-electron chi connectivity index (χ3n) is 3.28. The first-order chi connectivity index (χ1) is 11.2. The van der Waals surface area contributed by atoms with E-state index < -0.39 is 0 Å². The van der Waals surface area contributed by atoms with Gasteiger partial charge in [-0.25, -0.2) is 4.98 Å². The van der Waals surface area contributed by atoms with Gasteiger partial charge in [0.15, 0.2) is 5.16 Å². The summed E-state index contributed by atoms with van der Waals surface area (Å²) in [5.74, 6) is 0.258. The van der Waals surface area contributed by atoms with Gasteiger partial charge in [-0.3, -0.25) is 9.89 Å². The van der Waals surface area contributed by atoms with E-state index in [0.29, 0.717) is 10.9 Å². The van der Waals surface area contributed by atoms with Crippen LogP contribution in [-0.4, -0.2) is 26.8 Å². The number of aromatic amines is 1. The van der Waals surface area contributed by atoms with E-state index >= 15 is 0 Å². The van der Waals surface area contributed by atoms with Crippen molar-refractivity contribution in [1.29, 1.82) is 0 Å². The van der Waals surface area contributed by atoms with Gasteiger partial charge in [-0.2, -0.15) is 5.10 Å². The first kappa shape index (κ1) is 15.8. The molecule has 0 aliphatic carbocycles. The number of nitrogens with one attached hydrogen (secondary N) is 2. The van der Waals surface area contributed by atoms with Crippen molar-refractivity contribution in [3.63, 3.8) is 0 Å². The first-order valence-corrected chi connectivity index (χ1v) is 8.96. The summed E-state index contributed by atoms with van der Waals surface area (Å²) < 4.78 is 0. The number of hydrogen-bond acceptors (Lipinski definition) is 5. The lowest BCUT2D eigenvalue weighted by molar-refractivity contribution is -0.119. The fourth-order valence-electron chi connectivity index (χ4n) is 2.13. The molecule has 0 aliphatic rings. The van der Waals surface area contributed by atoms with Crippen LogP contribution in [0, 0.1) is 6.92 Å². The van der Waals surface area contributed by atoms with Crippen LogP contribution in [0.5, 0.6) is 0 Å². The molecule has 0 bridgehead atoms. The van der Waals surface area contributed by atoms with Gasteiger partial charge in [0.1, 0.15) is 6.33 Å². The number of carbonyl (C=O) groups excluding carboxylic acids is 1. The smallest absolute Gasteiger partial charge is 0.231 e. The van der Waals surface area contributed by atoms with Crippen LogP contribution in [0.2, 0.25) is 0 Å². The zero-order valence-corrected chi connectivity index (χ0v) is 14.2. The molecule has 23 heavy (non-hydrogen) atoms. The summed E-state index contributed by atoms with van der Waals surface area (Å²) >= 11 is 2.97. The van der Waals surface area contributed by atoms with Crippen LogP contribution in [0.1, 0.15) is 22.0 Å². The Morgan fingerprint density at radius 3 is 2.83 bits per heavy atom. The Hall–Kier alpha value is -2.12. The molecule has 1 aromatic carbocycles. The average Bonchev–Trinajstić information content (AvgIpc) is 3.25. The summed E-state index contributed by atoms with van der Waals surface area (Å²) in [5, 5.41) is 12.3. The minimum atomic E-state index is -0.126. The molecule has 0 radical (unpaired) electrons. The van der Waals surface area contributed by atoms with Crippen molar-refractivity contribution >= 4 is 29.0 Å². The topological polar surface area (TPSA) is 70.7 Å². The van der Waals surface area contributed by atoms with Crippen LogP contribution in [-0.2, 0) is 4.79 Å². The van der Waals surface area contributed by atoms with E-state index in [-0.39, 0.29) is 11.9 Å². The normalized spacial score (nSPS) is 12.0. The molecule has 3 rings (SSSR count). The third-order valence-corrected chi connectivity index (χ3v) is 5.09. The summed E-state index contributed by atoms with van der Waals surface area (Å²) in [4.78, 5) is 17.4. The highest BCUT2D eigenvalue weighted by atomic mass is 32.2. The summed E-state index contributed by atoms with van der Waals surface area (Å²) in [7, 11) is 0. The number of H-pyrrole nitrogens is 1. The number of thiophene rings is 1. The highest BCUT2D eigenvalue weighted by Gasteiger charge is 2.18. The van der Waals surface area contributed by atoms with Crippen LogP contribution < -0.4 is 5.32 Å². The standard InChI is InChI=1S/C16H16N4OS2/c1-11-4-6-12(7-5-11)15(13-3-2-8-22-13)19-14(21)9-23-16-17-10-18-20-16/h2-8,10,15H,9H2,1H3,(H,19,21)(H,17,18,20)/t15-/m0/s1.